The predicted molar refractivity (Wildman–Crippen MR) is 103 cm³/mol. The smallest absolute Gasteiger partial charge is 0.307 e. The zero-order chi connectivity index (χ0) is 19.2. The molecule has 5 nitrogen and oxygen atoms in total. The first-order valence-corrected chi connectivity index (χ1v) is 10.2. The summed E-state index contributed by atoms with van der Waals surface area (Å²) in [6.45, 7) is 1.58. The molecule has 1 aromatic carbocycles. The second-order valence-corrected chi connectivity index (χ2v) is 7.74. The molecule has 0 radical (unpaired) electrons. The third kappa shape index (κ3) is 5.41. The van der Waals surface area contributed by atoms with Gasteiger partial charge in [-0.2, -0.15) is 0 Å². The van der Waals surface area contributed by atoms with Gasteiger partial charge in [0.1, 0.15) is 0 Å². The van der Waals surface area contributed by atoms with Crippen molar-refractivity contribution in [3.8, 4) is 0 Å². The van der Waals surface area contributed by atoms with Crippen LogP contribution < -0.4 is 5.32 Å². The molecule has 2 aliphatic carbocycles. The lowest BCUT2D eigenvalue weighted by Gasteiger charge is -2.24. The summed E-state index contributed by atoms with van der Waals surface area (Å²) in [5.74, 6) is -0.808. The van der Waals surface area contributed by atoms with Crippen LogP contribution in [0, 0.1) is 0 Å². The number of rotatable bonds is 7. The third-order valence-electron chi connectivity index (χ3n) is 5.61. The van der Waals surface area contributed by atoms with Crippen molar-refractivity contribution in [2.45, 2.75) is 83.3 Å². The van der Waals surface area contributed by atoms with Gasteiger partial charge < -0.3 is 10.1 Å². The molecule has 1 aromatic rings. The summed E-state index contributed by atoms with van der Waals surface area (Å²) in [6.07, 6.45) is 7.97. The highest BCUT2D eigenvalue weighted by Crippen LogP contribution is 2.23. The number of hydrogen-bond donors (Lipinski definition) is 1. The summed E-state index contributed by atoms with van der Waals surface area (Å²) >= 11 is 0. The third-order valence-corrected chi connectivity index (χ3v) is 5.61. The monoisotopic (exact) mass is 371 g/mol. The minimum atomic E-state index is -0.825. The summed E-state index contributed by atoms with van der Waals surface area (Å²) in [6, 6.07) is 6.01. The quantitative estimate of drug-likeness (QED) is 0.588. The maximum absolute atomic E-state index is 12.3. The lowest BCUT2D eigenvalue weighted by molar-refractivity contribution is -0.155. The maximum Gasteiger partial charge on any atom is 0.307 e. The lowest BCUT2D eigenvalue weighted by Crippen LogP contribution is -2.42. The van der Waals surface area contributed by atoms with Crippen molar-refractivity contribution in [2.75, 3.05) is 0 Å². The van der Waals surface area contributed by atoms with Crippen molar-refractivity contribution in [1.29, 1.82) is 0 Å². The Balaban J connectivity index is 1.42. The van der Waals surface area contributed by atoms with Crippen molar-refractivity contribution in [3.05, 3.63) is 34.9 Å². The highest BCUT2D eigenvalue weighted by Gasteiger charge is 2.23. The number of ketones is 1. The fraction of sp³-hybridized carbons (Fsp3) is 0.591. The van der Waals surface area contributed by atoms with Gasteiger partial charge in [-0.05, 0) is 56.2 Å². The first-order chi connectivity index (χ1) is 13.0. The summed E-state index contributed by atoms with van der Waals surface area (Å²) in [5.41, 5.74) is 3.23. The molecule has 0 spiro atoms. The molecule has 1 fully saturated rings. The van der Waals surface area contributed by atoms with Crippen molar-refractivity contribution < 1.29 is 19.1 Å². The van der Waals surface area contributed by atoms with E-state index in [0.29, 0.717) is 5.56 Å². The van der Waals surface area contributed by atoms with E-state index in [0.717, 1.165) is 44.9 Å². The Morgan fingerprint density at radius 2 is 1.78 bits per heavy atom. The minimum absolute atomic E-state index is 0.00301. The van der Waals surface area contributed by atoms with Gasteiger partial charge in [-0.15, -0.1) is 0 Å². The number of aryl methyl sites for hydroxylation is 2. The molecule has 0 heterocycles. The molecule has 1 amide bonds. The van der Waals surface area contributed by atoms with E-state index in [2.05, 4.69) is 5.32 Å². The van der Waals surface area contributed by atoms with E-state index in [1.165, 1.54) is 17.5 Å². The van der Waals surface area contributed by atoms with Crippen molar-refractivity contribution in [2.24, 2.45) is 0 Å². The minimum Gasteiger partial charge on any atom is -0.453 e. The molecule has 1 atom stereocenters. The maximum atomic E-state index is 12.3. The van der Waals surface area contributed by atoms with E-state index < -0.39 is 12.1 Å². The standard InChI is InChI=1S/C22H29NO4/c1-15(22(26)23-19-8-3-2-4-9-19)27-21(25)13-12-20(24)18-11-10-16-6-5-7-17(16)14-18/h10-11,14-15,19H,2-9,12-13H2,1H3,(H,23,26)/t15-/m1/s1. The molecular formula is C22H29NO4. The van der Waals surface area contributed by atoms with Gasteiger partial charge in [-0.3, -0.25) is 14.4 Å². The zero-order valence-corrected chi connectivity index (χ0v) is 16.1. The van der Waals surface area contributed by atoms with Gasteiger partial charge >= 0.3 is 5.97 Å². The Morgan fingerprint density at radius 3 is 2.56 bits per heavy atom. The number of nitrogens with one attached hydrogen (secondary N) is 1. The van der Waals surface area contributed by atoms with Crippen LogP contribution in [0.15, 0.2) is 18.2 Å². The molecular weight excluding hydrogens is 342 g/mol. The predicted octanol–water partition coefficient (Wildman–Crippen LogP) is 3.52. The molecule has 3 rings (SSSR count). The number of Topliss-reactive ketones (excluding diaryl/α,β-unsaturated/α-hetero) is 1. The van der Waals surface area contributed by atoms with E-state index in [4.69, 9.17) is 4.74 Å². The van der Waals surface area contributed by atoms with Crippen LogP contribution in [0.5, 0.6) is 0 Å². The van der Waals surface area contributed by atoms with Crippen LogP contribution in [-0.4, -0.2) is 29.8 Å². The van der Waals surface area contributed by atoms with Crippen LogP contribution in [0.1, 0.15) is 79.8 Å². The van der Waals surface area contributed by atoms with Crippen LogP contribution in [0.25, 0.3) is 0 Å². The molecule has 27 heavy (non-hydrogen) atoms. The average molecular weight is 371 g/mol. The summed E-state index contributed by atoms with van der Waals surface area (Å²) in [4.78, 5) is 36.5. The molecule has 146 valence electrons. The molecule has 0 unspecified atom stereocenters. The number of amides is 1. The number of esters is 1. The van der Waals surface area contributed by atoms with Crippen molar-refractivity contribution in [1.82, 2.24) is 5.32 Å². The number of fused-ring (bicyclic) bond motifs is 1. The van der Waals surface area contributed by atoms with Gasteiger partial charge in [-0.1, -0.05) is 31.4 Å². The van der Waals surface area contributed by atoms with Crippen LogP contribution in [0.3, 0.4) is 0 Å². The molecule has 0 bridgehead atoms. The molecule has 0 aromatic heterocycles. The fourth-order valence-electron chi connectivity index (χ4n) is 3.98. The first kappa shape index (κ1) is 19.6. The van der Waals surface area contributed by atoms with E-state index >= 15 is 0 Å². The summed E-state index contributed by atoms with van der Waals surface area (Å²) in [7, 11) is 0. The van der Waals surface area contributed by atoms with Gasteiger partial charge in [0.2, 0.25) is 0 Å². The number of carbonyl (C=O) groups excluding carboxylic acids is 3. The Bertz CT molecular complexity index is 706. The molecule has 0 saturated heterocycles. The second kappa shape index (κ2) is 9.16. The van der Waals surface area contributed by atoms with E-state index in [9.17, 15) is 14.4 Å². The van der Waals surface area contributed by atoms with Gasteiger partial charge in [0.25, 0.3) is 5.91 Å². The molecule has 1 saturated carbocycles. The summed E-state index contributed by atoms with van der Waals surface area (Å²) < 4.78 is 5.21. The normalized spacial score (nSPS) is 17.8. The molecule has 0 aliphatic heterocycles. The largest absolute Gasteiger partial charge is 0.453 e. The summed E-state index contributed by atoms with van der Waals surface area (Å²) in [5, 5.41) is 2.96. The van der Waals surface area contributed by atoms with E-state index in [1.54, 1.807) is 6.92 Å². The average Bonchev–Trinajstić information content (AvgIpc) is 3.14. The topological polar surface area (TPSA) is 72.5 Å². The van der Waals surface area contributed by atoms with Crippen LogP contribution in [-0.2, 0) is 27.2 Å². The number of carbonyl (C=O) groups is 3. The highest BCUT2D eigenvalue weighted by atomic mass is 16.5. The Hall–Kier alpha value is -2.17. The van der Waals surface area contributed by atoms with Crippen molar-refractivity contribution >= 4 is 17.7 Å². The Labute approximate surface area is 160 Å². The highest BCUT2D eigenvalue weighted by molar-refractivity contribution is 5.98. The molecule has 2 aliphatic rings. The van der Waals surface area contributed by atoms with E-state index in [1.807, 2.05) is 18.2 Å². The van der Waals surface area contributed by atoms with Crippen molar-refractivity contribution in [3.63, 3.8) is 0 Å². The fourth-order valence-corrected chi connectivity index (χ4v) is 3.98. The second-order valence-electron chi connectivity index (χ2n) is 7.74. The Morgan fingerprint density at radius 1 is 1.04 bits per heavy atom. The van der Waals surface area contributed by atoms with Crippen LogP contribution in [0.2, 0.25) is 0 Å². The zero-order valence-electron chi connectivity index (χ0n) is 16.1. The lowest BCUT2D eigenvalue weighted by atomic mass is 9.95. The van der Waals surface area contributed by atoms with Crippen LogP contribution in [0.4, 0.5) is 0 Å². The van der Waals surface area contributed by atoms with Gasteiger partial charge in [-0.25, -0.2) is 0 Å². The van der Waals surface area contributed by atoms with Gasteiger partial charge in [0.05, 0.1) is 6.42 Å². The van der Waals surface area contributed by atoms with E-state index in [-0.39, 0.29) is 30.6 Å². The number of hydrogen-bond acceptors (Lipinski definition) is 4. The number of ether oxygens (including phenoxy) is 1. The van der Waals surface area contributed by atoms with Gasteiger partial charge in [0, 0.05) is 18.0 Å². The van der Waals surface area contributed by atoms with Gasteiger partial charge in [0.15, 0.2) is 11.9 Å². The Kier molecular flexibility index (Phi) is 6.64. The SMILES string of the molecule is C[C@@H](OC(=O)CCC(=O)c1ccc2c(c1)CCC2)C(=O)NC1CCCCC1. The number of benzene rings is 1. The molecule has 1 N–H and O–H groups in total. The first-order valence-electron chi connectivity index (χ1n) is 10.2. The van der Waals surface area contributed by atoms with Crippen LogP contribution >= 0.6 is 0 Å². The molecule has 5 heteroatoms.